The van der Waals surface area contributed by atoms with Crippen molar-refractivity contribution in [1.29, 1.82) is 0 Å². The molecule has 0 radical (unpaired) electrons. The van der Waals surface area contributed by atoms with Gasteiger partial charge in [-0.25, -0.2) is 9.18 Å². The molecule has 1 aromatic rings. The Hall–Kier alpha value is -0.720. The number of pyridine rings is 1. The third kappa shape index (κ3) is 1.90. The number of carboxylic acids is 1. The molecule has 0 aliphatic heterocycles. The van der Waals surface area contributed by atoms with Gasteiger partial charge >= 0.3 is 5.97 Å². The molecule has 64 valence electrons. The molecule has 5 heteroatoms. The zero-order valence-electron chi connectivity index (χ0n) is 5.92. The quantitative estimate of drug-likeness (QED) is 0.842. The molecule has 1 N–H and O–H groups in total. The summed E-state index contributed by atoms with van der Waals surface area (Å²) in [4.78, 5) is 14.1. The standard InChI is InChI=1S/C7H5FINO2/c8-2-6-5(9)1-4(3-10-6)7(11)12/h1,3H,2H2,(H,11,12). The average Bonchev–Trinajstić information content (AvgIpc) is 2.04. The molecule has 0 unspecified atom stereocenters. The molecule has 0 saturated carbocycles. The fourth-order valence-corrected chi connectivity index (χ4v) is 1.30. The van der Waals surface area contributed by atoms with E-state index in [1.165, 1.54) is 6.07 Å². The van der Waals surface area contributed by atoms with Crippen LogP contribution < -0.4 is 0 Å². The molecule has 3 nitrogen and oxygen atoms in total. The van der Waals surface area contributed by atoms with Gasteiger partial charge < -0.3 is 5.11 Å². The SMILES string of the molecule is O=C(O)c1cnc(CF)c(I)c1. The van der Waals surface area contributed by atoms with Crippen molar-refractivity contribution in [2.24, 2.45) is 0 Å². The van der Waals surface area contributed by atoms with E-state index in [-0.39, 0.29) is 11.3 Å². The summed E-state index contributed by atoms with van der Waals surface area (Å²) in [6.07, 6.45) is 1.15. The highest BCUT2D eigenvalue weighted by molar-refractivity contribution is 14.1. The number of aromatic nitrogens is 1. The number of nitrogens with zero attached hydrogens (tertiary/aromatic N) is 1. The molecule has 1 rings (SSSR count). The predicted octanol–water partition coefficient (Wildman–Crippen LogP) is 1.85. The third-order valence-corrected chi connectivity index (χ3v) is 2.22. The zero-order valence-corrected chi connectivity index (χ0v) is 8.08. The van der Waals surface area contributed by atoms with Crippen molar-refractivity contribution in [3.05, 3.63) is 27.1 Å². The van der Waals surface area contributed by atoms with Crippen molar-refractivity contribution in [2.45, 2.75) is 6.67 Å². The van der Waals surface area contributed by atoms with E-state index in [2.05, 4.69) is 4.98 Å². The van der Waals surface area contributed by atoms with E-state index in [9.17, 15) is 9.18 Å². The van der Waals surface area contributed by atoms with Gasteiger partial charge in [-0.2, -0.15) is 0 Å². The van der Waals surface area contributed by atoms with E-state index in [0.717, 1.165) is 6.20 Å². The topological polar surface area (TPSA) is 50.2 Å². The van der Waals surface area contributed by atoms with Gasteiger partial charge in [-0.05, 0) is 28.7 Å². The highest BCUT2D eigenvalue weighted by Gasteiger charge is 2.06. The molecule has 0 aliphatic rings. The second-order valence-corrected chi connectivity index (χ2v) is 3.25. The monoisotopic (exact) mass is 281 g/mol. The molecule has 0 spiro atoms. The number of rotatable bonds is 2. The summed E-state index contributed by atoms with van der Waals surface area (Å²) in [7, 11) is 0. The van der Waals surface area contributed by atoms with Crippen molar-refractivity contribution in [2.75, 3.05) is 0 Å². The van der Waals surface area contributed by atoms with Crippen LogP contribution in [-0.4, -0.2) is 16.1 Å². The van der Waals surface area contributed by atoms with Gasteiger partial charge in [0.1, 0.15) is 6.67 Å². The summed E-state index contributed by atoms with van der Waals surface area (Å²) in [5.74, 6) is -1.05. The summed E-state index contributed by atoms with van der Waals surface area (Å²) in [5.41, 5.74) is 0.359. The number of aromatic carboxylic acids is 1. The van der Waals surface area contributed by atoms with Gasteiger partial charge in [0.15, 0.2) is 0 Å². The summed E-state index contributed by atoms with van der Waals surface area (Å²) >= 11 is 1.85. The number of carbonyl (C=O) groups is 1. The lowest BCUT2D eigenvalue weighted by Gasteiger charge is -1.98. The maximum Gasteiger partial charge on any atom is 0.337 e. The first kappa shape index (κ1) is 9.37. The molecule has 1 aromatic heterocycles. The van der Waals surface area contributed by atoms with E-state index >= 15 is 0 Å². The highest BCUT2D eigenvalue weighted by atomic mass is 127. The number of halogens is 2. The van der Waals surface area contributed by atoms with E-state index in [4.69, 9.17) is 5.11 Å². The molecule has 0 amide bonds. The van der Waals surface area contributed by atoms with Gasteiger partial charge in [0, 0.05) is 9.77 Å². The largest absolute Gasteiger partial charge is 0.478 e. The van der Waals surface area contributed by atoms with Crippen LogP contribution in [0.1, 0.15) is 16.1 Å². The van der Waals surface area contributed by atoms with Crippen molar-refractivity contribution >= 4 is 28.6 Å². The Balaban J connectivity index is 3.10. The minimum Gasteiger partial charge on any atom is -0.478 e. The molecule has 0 atom stereocenters. The molecule has 0 fully saturated rings. The average molecular weight is 281 g/mol. The zero-order chi connectivity index (χ0) is 9.14. The maximum atomic E-state index is 12.1. The smallest absolute Gasteiger partial charge is 0.337 e. The Labute approximate surface area is 81.8 Å². The molecule has 0 aromatic carbocycles. The van der Waals surface area contributed by atoms with Gasteiger partial charge in [0.05, 0.1) is 11.3 Å². The van der Waals surface area contributed by atoms with Gasteiger partial charge in [0.2, 0.25) is 0 Å². The molecule has 0 bridgehead atoms. The number of hydrogen-bond acceptors (Lipinski definition) is 2. The van der Waals surface area contributed by atoms with Gasteiger partial charge in [0.25, 0.3) is 0 Å². The van der Waals surface area contributed by atoms with Gasteiger partial charge in [-0.3, -0.25) is 4.98 Å². The maximum absolute atomic E-state index is 12.1. The summed E-state index contributed by atoms with van der Waals surface area (Å²) in [6, 6.07) is 1.39. The van der Waals surface area contributed by atoms with Crippen molar-refractivity contribution in [1.82, 2.24) is 4.98 Å². The van der Waals surface area contributed by atoms with Gasteiger partial charge in [-0.1, -0.05) is 0 Å². The van der Waals surface area contributed by atoms with Crippen LogP contribution in [0.4, 0.5) is 4.39 Å². The lowest BCUT2D eigenvalue weighted by molar-refractivity contribution is 0.0696. The number of carboxylic acid groups (broad SMARTS) is 1. The fourth-order valence-electron chi connectivity index (χ4n) is 0.682. The first-order valence-electron chi connectivity index (χ1n) is 3.09. The normalized spacial score (nSPS) is 9.83. The van der Waals surface area contributed by atoms with E-state index < -0.39 is 12.6 Å². The highest BCUT2D eigenvalue weighted by Crippen LogP contribution is 2.12. The van der Waals surface area contributed by atoms with E-state index in [1.807, 2.05) is 22.6 Å². The first-order chi connectivity index (χ1) is 5.65. The predicted molar refractivity (Wildman–Crippen MR) is 48.7 cm³/mol. The molecular weight excluding hydrogens is 276 g/mol. The first-order valence-corrected chi connectivity index (χ1v) is 4.16. The van der Waals surface area contributed by atoms with Crippen LogP contribution in [0.2, 0.25) is 0 Å². The second-order valence-electron chi connectivity index (χ2n) is 2.09. The third-order valence-electron chi connectivity index (χ3n) is 1.29. The Bertz CT molecular complexity index is 316. The Morgan fingerprint density at radius 2 is 2.42 bits per heavy atom. The van der Waals surface area contributed by atoms with Crippen LogP contribution in [0.25, 0.3) is 0 Å². The number of alkyl halides is 1. The van der Waals surface area contributed by atoms with Crippen LogP contribution >= 0.6 is 22.6 Å². The molecule has 0 saturated heterocycles. The minimum atomic E-state index is -1.05. The molecule has 12 heavy (non-hydrogen) atoms. The summed E-state index contributed by atoms with van der Waals surface area (Å²) < 4.78 is 12.6. The second kappa shape index (κ2) is 3.79. The van der Waals surface area contributed by atoms with Crippen molar-refractivity contribution in [3.63, 3.8) is 0 Å². The number of hydrogen-bond donors (Lipinski definition) is 1. The molecular formula is C7H5FINO2. The summed E-state index contributed by atoms with van der Waals surface area (Å²) in [5, 5.41) is 8.54. The van der Waals surface area contributed by atoms with Gasteiger partial charge in [-0.15, -0.1) is 0 Å². The molecule has 0 aliphatic carbocycles. The van der Waals surface area contributed by atoms with Crippen molar-refractivity contribution in [3.8, 4) is 0 Å². The Morgan fingerprint density at radius 1 is 1.75 bits per heavy atom. The van der Waals surface area contributed by atoms with Crippen molar-refractivity contribution < 1.29 is 14.3 Å². The van der Waals surface area contributed by atoms with E-state index in [1.54, 1.807) is 0 Å². The lowest BCUT2D eigenvalue weighted by atomic mass is 10.2. The fraction of sp³-hybridized carbons (Fsp3) is 0.143. The van der Waals surface area contributed by atoms with Crippen LogP contribution in [0.5, 0.6) is 0 Å². The Kier molecular flexibility index (Phi) is 2.96. The minimum absolute atomic E-state index is 0.0802. The Morgan fingerprint density at radius 3 is 2.83 bits per heavy atom. The van der Waals surface area contributed by atoms with Crippen LogP contribution in [0.15, 0.2) is 12.3 Å². The van der Waals surface area contributed by atoms with Crippen LogP contribution in [0.3, 0.4) is 0 Å². The van der Waals surface area contributed by atoms with E-state index in [0.29, 0.717) is 3.57 Å². The summed E-state index contributed by atoms with van der Waals surface area (Å²) in [6.45, 7) is -0.668. The van der Waals surface area contributed by atoms with Crippen LogP contribution in [-0.2, 0) is 6.67 Å². The molecule has 1 heterocycles. The van der Waals surface area contributed by atoms with Crippen LogP contribution in [0, 0.1) is 3.57 Å². The lowest BCUT2D eigenvalue weighted by Crippen LogP contribution is -2.00.